The van der Waals surface area contributed by atoms with Gasteiger partial charge in [-0.1, -0.05) is 6.92 Å². The normalized spacial score (nSPS) is 23.4. The molecule has 0 aromatic heterocycles. The third kappa shape index (κ3) is 2.25. The van der Waals surface area contributed by atoms with Crippen LogP contribution in [0.4, 0.5) is 4.39 Å². The quantitative estimate of drug-likeness (QED) is 0.573. The lowest BCUT2D eigenvalue weighted by Gasteiger charge is -2.27. The highest BCUT2D eigenvalue weighted by molar-refractivity contribution is 4.70. The van der Waals surface area contributed by atoms with Crippen LogP contribution in [0.1, 0.15) is 26.2 Å². The third-order valence-electron chi connectivity index (χ3n) is 2.06. The molecule has 0 bridgehead atoms. The Bertz CT molecular complexity index is 87.3. The fourth-order valence-corrected chi connectivity index (χ4v) is 1.44. The Hall–Kier alpha value is -0.110. The lowest BCUT2D eigenvalue weighted by Crippen LogP contribution is -2.34. The highest BCUT2D eigenvalue weighted by Gasteiger charge is 2.16. The van der Waals surface area contributed by atoms with Gasteiger partial charge in [0, 0.05) is 13.1 Å². The maximum Gasteiger partial charge on any atom is 0.103 e. The van der Waals surface area contributed by atoms with Crippen LogP contribution in [-0.2, 0) is 0 Å². The zero-order valence-electron chi connectivity index (χ0n) is 6.65. The molecular weight excluding hydrogens is 129 g/mol. The van der Waals surface area contributed by atoms with E-state index in [1.165, 1.54) is 6.42 Å². The molecule has 0 aromatic carbocycles. The smallest absolute Gasteiger partial charge is 0.103 e. The van der Waals surface area contributed by atoms with Crippen LogP contribution in [0, 0.1) is 0 Å². The van der Waals surface area contributed by atoms with Gasteiger partial charge in [0.1, 0.15) is 6.17 Å². The molecule has 1 aliphatic heterocycles. The molecule has 0 aromatic rings. The maximum absolute atomic E-state index is 12.6. The number of hydrogen-bond acceptors (Lipinski definition) is 1. The lowest BCUT2D eigenvalue weighted by atomic mass is 10.1. The second-order valence-corrected chi connectivity index (χ2v) is 3.02. The predicted molar refractivity (Wildman–Crippen MR) is 40.9 cm³/mol. The topological polar surface area (TPSA) is 3.24 Å². The van der Waals surface area contributed by atoms with Crippen LogP contribution < -0.4 is 0 Å². The first kappa shape index (κ1) is 7.99. The Morgan fingerprint density at radius 2 is 2.00 bits per heavy atom. The molecule has 1 nitrogen and oxygen atoms in total. The van der Waals surface area contributed by atoms with Crippen molar-refractivity contribution >= 4 is 0 Å². The van der Waals surface area contributed by atoms with Gasteiger partial charge in [-0.25, -0.2) is 4.39 Å². The summed E-state index contributed by atoms with van der Waals surface area (Å²) in [6.45, 7) is 5.25. The van der Waals surface area contributed by atoms with Crippen LogP contribution in [0.3, 0.4) is 0 Å². The number of alkyl halides is 1. The maximum atomic E-state index is 12.6. The van der Waals surface area contributed by atoms with Gasteiger partial charge in [-0.15, -0.1) is 0 Å². The Labute approximate surface area is 62.2 Å². The standard InChI is InChI=1S/C8H16FN/c1-2-5-10-6-3-8(9)4-7-10/h8H,2-7H2,1H3. The molecule has 1 fully saturated rings. The SMILES string of the molecule is CCCN1CCC(F)CC1. The molecule has 2 heteroatoms. The Morgan fingerprint density at radius 3 is 2.50 bits per heavy atom. The number of likely N-dealkylation sites (tertiary alicyclic amines) is 1. The monoisotopic (exact) mass is 145 g/mol. The zero-order chi connectivity index (χ0) is 7.40. The summed E-state index contributed by atoms with van der Waals surface area (Å²) in [5.41, 5.74) is 0. The highest BCUT2D eigenvalue weighted by Crippen LogP contribution is 2.12. The summed E-state index contributed by atoms with van der Waals surface area (Å²) in [5.74, 6) is 0. The summed E-state index contributed by atoms with van der Waals surface area (Å²) in [7, 11) is 0. The van der Waals surface area contributed by atoms with Gasteiger partial charge in [0.2, 0.25) is 0 Å². The molecular formula is C8H16FN. The number of piperidine rings is 1. The molecule has 10 heavy (non-hydrogen) atoms. The van der Waals surface area contributed by atoms with Crippen LogP contribution in [0.25, 0.3) is 0 Å². The van der Waals surface area contributed by atoms with Gasteiger partial charge >= 0.3 is 0 Å². The molecule has 0 unspecified atom stereocenters. The zero-order valence-corrected chi connectivity index (χ0v) is 6.65. The Balaban J connectivity index is 2.13. The molecule has 0 saturated carbocycles. The fraction of sp³-hybridized carbons (Fsp3) is 1.00. The lowest BCUT2D eigenvalue weighted by molar-refractivity contribution is 0.151. The fourth-order valence-electron chi connectivity index (χ4n) is 1.44. The Kier molecular flexibility index (Phi) is 3.13. The van der Waals surface area contributed by atoms with E-state index in [4.69, 9.17) is 0 Å². The highest BCUT2D eigenvalue weighted by atomic mass is 19.1. The van der Waals surface area contributed by atoms with Gasteiger partial charge in [0.25, 0.3) is 0 Å². The van der Waals surface area contributed by atoms with E-state index in [0.29, 0.717) is 0 Å². The molecule has 60 valence electrons. The summed E-state index contributed by atoms with van der Waals surface area (Å²) in [5, 5.41) is 0. The van der Waals surface area contributed by atoms with Gasteiger partial charge in [-0.3, -0.25) is 0 Å². The van der Waals surface area contributed by atoms with E-state index < -0.39 is 6.17 Å². The summed E-state index contributed by atoms with van der Waals surface area (Å²) < 4.78 is 12.6. The van der Waals surface area contributed by atoms with Gasteiger partial charge in [0.05, 0.1) is 0 Å². The average molecular weight is 145 g/mol. The number of nitrogens with zero attached hydrogens (tertiary/aromatic N) is 1. The van der Waals surface area contributed by atoms with Crippen molar-refractivity contribution in [3.8, 4) is 0 Å². The Morgan fingerprint density at radius 1 is 1.40 bits per heavy atom. The first-order chi connectivity index (χ1) is 4.83. The van der Waals surface area contributed by atoms with Crippen molar-refractivity contribution in [2.45, 2.75) is 32.4 Å². The molecule has 1 saturated heterocycles. The van der Waals surface area contributed by atoms with E-state index >= 15 is 0 Å². The van der Waals surface area contributed by atoms with E-state index in [-0.39, 0.29) is 0 Å². The predicted octanol–water partition coefficient (Wildman–Crippen LogP) is 1.83. The van der Waals surface area contributed by atoms with Crippen LogP contribution in [-0.4, -0.2) is 30.7 Å². The summed E-state index contributed by atoms with van der Waals surface area (Å²) in [6, 6.07) is 0. The first-order valence-electron chi connectivity index (χ1n) is 4.19. The molecule has 0 atom stereocenters. The van der Waals surface area contributed by atoms with Gasteiger partial charge < -0.3 is 4.90 Å². The molecule has 0 radical (unpaired) electrons. The van der Waals surface area contributed by atoms with Crippen molar-refractivity contribution in [2.24, 2.45) is 0 Å². The van der Waals surface area contributed by atoms with Gasteiger partial charge in [-0.2, -0.15) is 0 Å². The van der Waals surface area contributed by atoms with Crippen LogP contribution >= 0.6 is 0 Å². The largest absolute Gasteiger partial charge is 0.303 e. The molecule has 0 spiro atoms. The van der Waals surface area contributed by atoms with Crippen molar-refractivity contribution < 1.29 is 4.39 Å². The average Bonchev–Trinajstić information content (AvgIpc) is 1.95. The third-order valence-corrected chi connectivity index (χ3v) is 2.06. The molecule has 0 amide bonds. The van der Waals surface area contributed by atoms with E-state index in [0.717, 1.165) is 32.5 Å². The van der Waals surface area contributed by atoms with E-state index in [2.05, 4.69) is 11.8 Å². The van der Waals surface area contributed by atoms with Crippen molar-refractivity contribution in [2.75, 3.05) is 19.6 Å². The van der Waals surface area contributed by atoms with E-state index in [1.54, 1.807) is 0 Å². The summed E-state index contributed by atoms with van der Waals surface area (Å²) in [4.78, 5) is 2.34. The van der Waals surface area contributed by atoms with Crippen molar-refractivity contribution in [1.82, 2.24) is 4.90 Å². The van der Waals surface area contributed by atoms with Crippen LogP contribution in [0.2, 0.25) is 0 Å². The van der Waals surface area contributed by atoms with Crippen molar-refractivity contribution in [3.05, 3.63) is 0 Å². The minimum Gasteiger partial charge on any atom is -0.303 e. The second-order valence-electron chi connectivity index (χ2n) is 3.02. The van der Waals surface area contributed by atoms with Crippen molar-refractivity contribution in [3.63, 3.8) is 0 Å². The molecule has 0 aliphatic carbocycles. The number of halogens is 1. The summed E-state index contributed by atoms with van der Waals surface area (Å²) in [6.07, 6.45) is 2.17. The number of hydrogen-bond donors (Lipinski definition) is 0. The molecule has 1 heterocycles. The van der Waals surface area contributed by atoms with E-state index in [1.807, 2.05) is 0 Å². The second kappa shape index (κ2) is 3.91. The minimum absolute atomic E-state index is 0.520. The minimum atomic E-state index is -0.520. The molecule has 1 rings (SSSR count). The van der Waals surface area contributed by atoms with Gasteiger partial charge in [0.15, 0.2) is 0 Å². The van der Waals surface area contributed by atoms with Crippen molar-refractivity contribution in [1.29, 1.82) is 0 Å². The van der Waals surface area contributed by atoms with Crippen LogP contribution in [0.5, 0.6) is 0 Å². The van der Waals surface area contributed by atoms with Crippen LogP contribution in [0.15, 0.2) is 0 Å². The van der Waals surface area contributed by atoms with Gasteiger partial charge in [-0.05, 0) is 25.8 Å². The molecule has 1 aliphatic rings. The van der Waals surface area contributed by atoms with E-state index in [9.17, 15) is 4.39 Å². The number of rotatable bonds is 2. The first-order valence-corrected chi connectivity index (χ1v) is 4.19. The molecule has 0 N–H and O–H groups in total. The summed E-state index contributed by atoms with van der Waals surface area (Å²) >= 11 is 0.